The van der Waals surface area contributed by atoms with Crippen molar-refractivity contribution in [1.29, 1.82) is 0 Å². The molecule has 1 aliphatic rings. The molecule has 0 saturated carbocycles. The number of sulfonamides is 1. The summed E-state index contributed by atoms with van der Waals surface area (Å²) < 4.78 is 25.5. The number of rotatable bonds is 10. The lowest BCUT2D eigenvalue weighted by atomic mass is 9.90. The van der Waals surface area contributed by atoms with E-state index in [2.05, 4.69) is 0 Å². The van der Waals surface area contributed by atoms with Crippen LogP contribution in [-0.4, -0.2) is 54.2 Å². The molecule has 7 nitrogen and oxygen atoms in total. The van der Waals surface area contributed by atoms with Gasteiger partial charge in [-0.15, -0.1) is 0 Å². The third-order valence-corrected chi connectivity index (χ3v) is 5.86. The molecule has 0 bridgehead atoms. The van der Waals surface area contributed by atoms with Gasteiger partial charge >= 0.3 is 0 Å². The highest BCUT2D eigenvalue weighted by Gasteiger charge is 2.45. The molecule has 1 rings (SSSR count). The van der Waals surface area contributed by atoms with Gasteiger partial charge in [0.15, 0.2) is 0 Å². The monoisotopic (exact) mass is 334 g/mol. The van der Waals surface area contributed by atoms with Crippen LogP contribution in [0.1, 0.15) is 46.0 Å². The molecule has 1 N–H and O–H groups in total. The Morgan fingerprint density at radius 1 is 1.32 bits per heavy atom. The molecule has 0 spiro atoms. The number of unbranched alkanes of at least 4 members (excludes halogenated alkanes) is 2. The van der Waals surface area contributed by atoms with Gasteiger partial charge in [-0.1, -0.05) is 33.1 Å². The van der Waals surface area contributed by atoms with Crippen LogP contribution in [0.25, 0.3) is 0 Å². The topological polar surface area (TPSA) is 95.0 Å². The van der Waals surface area contributed by atoms with Gasteiger partial charge in [0, 0.05) is 6.54 Å². The second-order valence-electron chi connectivity index (χ2n) is 5.78. The van der Waals surface area contributed by atoms with E-state index in [1.54, 1.807) is 0 Å². The minimum Gasteiger partial charge on any atom is -0.286 e. The maximum Gasteiger partial charge on any atom is 0.241 e. The molecule has 128 valence electrons. The molecule has 22 heavy (non-hydrogen) atoms. The predicted octanol–water partition coefficient (Wildman–Crippen LogP) is 1.23. The van der Waals surface area contributed by atoms with Crippen molar-refractivity contribution in [3.63, 3.8) is 0 Å². The van der Waals surface area contributed by atoms with Crippen molar-refractivity contribution in [3.8, 4) is 0 Å². The van der Waals surface area contributed by atoms with Gasteiger partial charge in [-0.3, -0.25) is 14.8 Å². The predicted molar refractivity (Wildman–Crippen MR) is 81.5 cm³/mol. The fraction of sp³-hybridized carbons (Fsp3) is 0.857. The summed E-state index contributed by atoms with van der Waals surface area (Å²) in [6.45, 7) is 3.91. The average Bonchev–Trinajstić information content (AvgIpc) is 2.80. The second kappa shape index (κ2) is 8.47. The Hall–Kier alpha value is -1.15. The van der Waals surface area contributed by atoms with E-state index in [0.29, 0.717) is 17.9 Å². The summed E-state index contributed by atoms with van der Waals surface area (Å²) in [5, 5.41) is 9.78. The molecular weight excluding hydrogens is 308 g/mol. The number of hydrogen-bond donors (Lipinski definition) is 1. The van der Waals surface area contributed by atoms with Crippen LogP contribution in [0.4, 0.5) is 0 Å². The third-order valence-electron chi connectivity index (χ3n) is 4.06. The molecule has 0 aromatic carbocycles. The fourth-order valence-corrected chi connectivity index (χ4v) is 4.44. The number of hydroxylamine groups is 2. The van der Waals surface area contributed by atoms with Crippen LogP contribution in [-0.2, 0) is 19.6 Å². The Morgan fingerprint density at radius 2 is 1.95 bits per heavy atom. The number of hydrogen-bond acceptors (Lipinski definition) is 5. The van der Waals surface area contributed by atoms with E-state index < -0.39 is 21.8 Å². The zero-order valence-electron chi connectivity index (χ0n) is 13.3. The van der Waals surface area contributed by atoms with Crippen molar-refractivity contribution in [2.24, 2.45) is 11.8 Å². The SMILES string of the molecule is CCCCC1CN(S(=O)(=O)CCCC)C(=O)C1CN(O)C=O. The minimum atomic E-state index is -3.61. The van der Waals surface area contributed by atoms with Crippen molar-refractivity contribution < 1.29 is 23.2 Å². The standard InChI is InChI=1S/C14H26N2O5S/c1-3-5-7-12-9-16(22(20,21)8-6-4-2)14(18)13(12)10-15(19)11-17/h11-13,19H,3-10H2,1-2H3. The van der Waals surface area contributed by atoms with Gasteiger partial charge in [0.2, 0.25) is 22.3 Å². The Kier molecular flexibility index (Phi) is 7.28. The second-order valence-corrected chi connectivity index (χ2v) is 7.79. The first-order valence-electron chi connectivity index (χ1n) is 7.82. The van der Waals surface area contributed by atoms with E-state index in [9.17, 15) is 23.2 Å². The molecule has 1 fully saturated rings. The highest BCUT2D eigenvalue weighted by Crippen LogP contribution is 2.31. The van der Waals surface area contributed by atoms with Crippen LogP contribution in [0.3, 0.4) is 0 Å². The van der Waals surface area contributed by atoms with Gasteiger partial charge in [0.05, 0.1) is 18.2 Å². The molecule has 8 heteroatoms. The van der Waals surface area contributed by atoms with Gasteiger partial charge < -0.3 is 0 Å². The molecule has 1 saturated heterocycles. The summed E-state index contributed by atoms with van der Waals surface area (Å²) in [6, 6.07) is 0. The molecule has 0 aromatic heterocycles. The van der Waals surface area contributed by atoms with Gasteiger partial charge in [-0.25, -0.2) is 17.8 Å². The summed E-state index contributed by atoms with van der Waals surface area (Å²) in [5.41, 5.74) is 0. The van der Waals surface area contributed by atoms with E-state index in [-0.39, 0.29) is 31.2 Å². The van der Waals surface area contributed by atoms with Gasteiger partial charge in [0.25, 0.3) is 0 Å². The van der Waals surface area contributed by atoms with Crippen molar-refractivity contribution >= 4 is 22.3 Å². The highest BCUT2D eigenvalue weighted by molar-refractivity contribution is 7.89. The number of carbonyl (C=O) groups excluding carboxylic acids is 2. The van der Waals surface area contributed by atoms with Crippen LogP contribution in [0.2, 0.25) is 0 Å². The highest BCUT2D eigenvalue weighted by atomic mass is 32.2. The van der Waals surface area contributed by atoms with Crippen molar-refractivity contribution in [2.45, 2.75) is 46.0 Å². The van der Waals surface area contributed by atoms with Crippen LogP contribution in [0.15, 0.2) is 0 Å². The minimum absolute atomic E-state index is 0.0427. The molecule has 0 aliphatic carbocycles. The number of nitrogens with zero attached hydrogens (tertiary/aromatic N) is 2. The zero-order valence-corrected chi connectivity index (χ0v) is 14.1. The Bertz CT molecular complexity index is 480. The van der Waals surface area contributed by atoms with E-state index in [4.69, 9.17) is 0 Å². The first-order chi connectivity index (χ1) is 10.4. The maximum atomic E-state index is 12.4. The molecule has 0 aromatic rings. The summed E-state index contributed by atoms with van der Waals surface area (Å²) in [4.78, 5) is 23.0. The lowest BCUT2D eigenvalue weighted by Crippen LogP contribution is -2.37. The largest absolute Gasteiger partial charge is 0.286 e. The van der Waals surface area contributed by atoms with Crippen LogP contribution < -0.4 is 0 Å². The number of carbonyl (C=O) groups is 2. The van der Waals surface area contributed by atoms with Crippen LogP contribution >= 0.6 is 0 Å². The average molecular weight is 334 g/mol. The normalized spacial score (nSPS) is 22.1. The molecule has 2 atom stereocenters. The van der Waals surface area contributed by atoms with Crippen molar-refractivity contribution in [3.05, 3.63) is 0 Å². The summed E-state index contributed by atoms with van der Waals surface area (Å²) in [5.74, 6) is -1.35. The van der Waals surface area contributed by atoms with E-state index in [1.807, 2.05) is 13.8 Å². The lowest BCUT2D eigenvalue weighted by molar-refractivity contribution is -0.155. The van der Waals surface area contributed by atoms with E-state index in [0.717, 1.165) is 23.6 Å². The Morgan fingerprint density at radius 3 is 2.50 bits per heavy atom. The Balaban J connectivity index is 2.90. The molecule has 2 unspecified atom stereocenters. The zero-order chi connectivity index (χ0) is 16.8. The first-order valence-corrected chi connectivity index (χ1v) is 9.43. The fourth-order valence-electron chi connectivity index (χ4n) is 2.73. The maximum absolute atomic E-state index is 12.4. The molecular formula is C14H26N2O5S. The van der Waals surface area contributed by atoms with Crippen molar-refractivity contribution in [1.82, 2.24) is 9.37 Å². The van der Waals surface area contributed by atoms with Crippen molar-refractivity contribution in [2.75, 3.05) is 18.8 Å². The van der Waals surface area contributed by atoms with Crippen LogP contribution in [0, 0.1) is 11.8 Å². The molecule has 1 heterocycles. The molecule has 1 aliphatic heterocycles. The van der Waals surface area contributed by atoms with E-state index >= 15 is 0 Å². The van der Waals surface area contributed by atoms with Crippen LogP contribution in [0.5, 0.6) is 0 Å². The Labute approximate surface area is 132 Å². The lowest BCUT2D eigenvalue weighted by Gasteiger charge is -2.19. The first kappa shape index (κ1) is 18.9. The summed E-state index contributed by atoms with van der Waals surface area (Å²) in [6.07, 6.45) is 4.01. The van der Waals surface area contributed by atoms with Gasteiger partial charge in [0.1, 0.15) is 0 Å². The molecule has 2 amide bonds. The van der Waals surface area contributed by atoms with Gasteiger partial charge in [-0.05, 0) is 18.8 Å². The molecule has 0 radical (unpaired) electrons. The van der Waals surface area contributed by atoms with Gasteiger partial charge in [-0.2, -0.15) is 0 Å². The van der Waals surface area contributed by atoms with E-state index in [1.165, 1.54) is 0 Å². The smallest absolute Gasteiger partial charge is 0.241 e. The summed E-state index contributed by atoms with van der Waals surface area (Å²) in [7, 11) is -3.61. The summed E-state index contributed by atoms with van der Waals surface area (Å²) >= 11 is 0. The quantitative estimate of drug-likeness (QED) is 0.368. The number of amides is 2. The third kappa shape index (κ3) is 4.67.